The van der Waals surface area contributed by atoms with Gasteiger partial charge >= 0.3 is 0 Å². The highest BCUT2D eigenvalue weighted by molar-refractivity contribution is 5.80. The number of nitrogens with zero attached hydrogens (tertiary/aromatic N) is 4. The molecule has 1 atom stereocenters. The van der Waals surface area contributed by atoms with Crippen molar-refractivity contribution in [2.75, 3.05) is 33.3 Å². The van der Waals surface area contributed by atoms with Crippen LogP contribution in [0.4, 0.5) is 0 Å². The van der Waals surface area contributed by atoms with Gasteiger partial charge in [-0.15, -0.1) is 0 Å². The van der Waals surface area contributed by atoms with Crippen LogP contribution in [0.3, 0.4) is 0 Å². The summed E-state index contributed by atoms with van der Waals surface area (Å²) in [6.45, 7) is 3.15. The van der Waals surface area contributed by atoms with E-state index in [9.17, 15) is 14.4 Å². The molecule has 1 fully saturated rings. The topological polar surface area (TPSA) is 118 Å². The standard InChI is InChI=1S/C28H33N5O5/c1-20(34)33-17-8-16-32(18-15-29-25(35)19-23(33)21-9-4-3-5-10-21)27(36)14-13-26-30-28(31-38-26)22-11-6-7-12-24(22)37-2/h3-7,9-12,23H,8,13-19H2,1-2H3,(H,29,35). The van der Waals surface area contributed by atoms with E-state index >= 15 is 0 Å². The Balaban J connectivity index is 1.40. The minimum Gasteiger partial charge on any atom is -0.496 e. The number of hydrogen-bond donors (Lipinski definition) is 1. The summed E-state index contributed by atoms with van der Waals surface area (Å²) >= 11 is 0. The second-order valence-electron chi connectivity index (χ2n) is 9.14. The first kappa shape index (κ1) is 26.8. The van der Waals surface area contributed by atoms with E-state index in [0.29, 0.717) is 62.0 Å². The van der Waals surface area contributed by atoms with Gasteiger partial charge < -0.3 is 24.4 Å². The third-order valence-corrected chi connectivity index (χ3v) is 6.60. The Morgan fingerprint density at radius 3 is 2.61 bits per heavy atom. The molecule has 1 aliphatic heterocycles. The zero-order valence-corrected chi connectivity index (χ0v) is 21.8. The van der Waals surface area contributed by atoms with Gasteiger partial charge in [0.25, 0.3) is 0 Å². The molecule has 1 unspecified atom stereocenters. The summed E-state index contributed by atoms with van der Waals surface area (Å²) in [6, 6.07) is 16.6. The Bertz CT molecular complexity index is 1250. The fraction of sp³-hybridized carbons (Fsp3) is 0.393. The summed E-state index contributed by atoms with van der Waals surface area (Å²) in [5, 5.41) is 6.94. The molecule has 1 aromatic heterocycles. The fourth-order valence-corrected chi connectivity index (χ4v) is 4.65. The molecule has 3 amide bonds. The molecule has 2 heterocycles. The fourth-order valence-electron chi connectivity index (χ4n) is 4.65. The zero-order chi connectivity index (χ0) is 26.9. The molecule has 1 saturated heterocycles. The third-order valence-electron chi connectivity index (χ3n) is 6.60. The predicted molar refractivity (Wildman–Crippen MR) is 140 cm³/mol. The van der Waals surface area contributed by atoms with Crippen molar-refractivity contribution in [3.63, 3.8) is 0 Å². The van der Waals surface area contributed by atoms with Crippen molar-refractivity contribution in [1.29, 1.82) is 0 Å². The van der Waals surface area contributed by atoms with Gasteiger partial charge in [0.15, 0.2) is 0 Å². The molecule has 0 radical (unpaired) electrons. The summed E-state index contributed by atoms with van der Waals surface area (Å²) < 4.78 is 10.7. The largest absolute Gasteiger partial charge is 0.496 e. The number of nitrogens with one attached hydrogen (secondary N) is 1. The first-order chi connectivity index (χ1) is 18.5. The minimum atomic E-state index is -0.356. The van der Waals surface area contributed by atoms with Crippen LogP contribution in [0.15, 0.2) is 59.1 Å². The number of methoxy groups -OCH3 is 1. The number of aromatic nitrogens is 2. The summed E-state index contributed by atoms with van der Waals surface area (Å²) in [7, 11) is 1.58. The SMILES string of the molecule is COc1ccccc1-c1noc(CCC(=O)N2CCCN(C(C)=O)C(c3ccccc3)CC(=O)NCC2)n1. The second-order valence-corrected chi connectivity index (χ2v) is 9.14. The molecule has 0 bridgehead atoms. The van der Waals surface area contributed by atoms with Gasteiger partial charge in [0, 0.05) is 45.9 Å². The number of rotatable bonds is 6. The quantitative estimate of drug-likeness (QED) is 0.532. The second kappa shape index (κ2) is 12.8. The molecule has 0 spiro atoms. The van der Waals surface area contributed by atoms with Gasteiger partial charge in [-0.2, -0.15) is 4.98 Å². The van der Waals surface area contributed by atoms with Crippen molar-refractivity contribution in [2.45, 2.75) is 38.6 Å². The van der Waals surface area contributed by atoms with Crippen LogP contribution in [-0.2, 0) is 20.8 Å². The van der Waals surface area contributed by atoms with Crippen LogP contribution >= 0.6 is 0 Å². The average Bonchev–Trinajstić information content (AvgIpc) is 3.39. The Kier molecular flexibility index (Phi) is 9.07. The van der Waals surface area contributed by atoms with E-state index in [2.05, 4.69) is 15.5 Å². The van der Waals surface area contributed by atoms with Crippen molar-refractivity contribution in [1.82, 2.24) is 25.3 Å². The lowest BCUT2D eigenvalue weighted by Crippen LogP contribution is -2.39. The maximum atomic E-state index is 13.1. The molecule has 1 N–H and O–H groups in total. The number of para-hydroxylation sites is 1. The van der Waals surface area contributed by atoms with Gasteiger partial charge in [-0.05, 0) is 24.1 Å². The van der Waals surface area contributed by atoms with Crippen LogP contribution in [0, 0.1) is 0 Å². The molecule has 0 saturated carbocycles. The molecule has 200 valence electrons. The van der Waals surface area contributed by atoms with E-state index in [1.54, 1.807) is 16.9 Å². The number of hydrogen-bond acceptors (Lipinski definition) is 7. The Morgan fingerprint density at radius 2 is 1.84 bits per heavy atom. The van der Waals surface area contributed by atoms with Crippen molar-refractivity contribution in [2.24, 2.45) is 0 Å². The van der Waals surface area contributed by atoms with Crippen LogP contribution in [0.5, 0.6) is 5.75 Å². The van der Waals surface area contributed by atoms with Crippen LogP contribution in [0.2, 0.25) is 0 Å². The molecule has 0 aliphatic carbocycles. The molecule has 1 aliphatic rings. The number of aryl methyl sites for hydroxylation is 1. The maximum Gasteiger partial charge on any atom is 0.227 e. The lowest BCUT2D eigenvalue weighted by atomic mass is 10.0. The van der Waals surface area contributed by atoms with Gasteiger partial charge in [0.05, 0.1) is 25.1 Å². The zero-order valence-electron chi connectivity index (χ0n) is 21.8. The van der Waals surface area contributed by atoms with Crippen LogP contribution in [0.1, 0.15) is 43.7 Å². The van der Waals surface area contributed by atoms with Crippen LogP contribution in [-0.4, -0.2) is 71.0 Å². The number of amides is 3. The number of ether oxygens (including phenoxy) is 1. The first-order valence-electron chi connectivity index (χ1n) is 12.8. The van der Waals surface area contributed by atoms with Gasteiger partial charge in [-0.3, -0.25) is 14.4 Å². The highest BCUT2D eigenvalue weighted by atomic mass is 16.5. The monoisotopic (exact) mass is 519 g/mol. The maximum absolute atomic E-state index is 13.1. The molecule has 4 rings (SSSR count). The van der Waals surface area contributed by atoms with E-state index in [1.165, 1.54) is 6.92 Å². The van der Waals surface area contributed by atoms with E-state index in [1.807, 2.05) is 54.6 Å². The first-order valence-corrected chi connectivity index (χ1v) is 12.8. The van der Waals surface area contributed by atoms with Gasteiger partial charge in [-0.25, -0.2) is 0 Å². The lowest BCUT2D eigenvalue weighted by molar-refractivity contribution is -0.132. The van der Waals surface area contributed by atoms with Crippen molar-refractivity contribution in [3.8, 4) is 17.1 Å². The molecular formula is C28H33N5O5. The van der Waals surface area contributed by atoms with Crippen LogP contribution in [0.25, 0.3) is 11.4 Å². The van der Waals surface area contributed by atoms with E-state index in [-0.39, 0.29) is 36.6 Å². The van der Waals surface area contributed by atoms with Gasteiger partial charge in [-0.1, -0.05) is 47.6 Å². The molecular weight excluding hydrogens is 486 g/mol. The molecule has 38 heavy (non-hydrogen) atoms. The van der Waals surface area contributed by atoms with Crippen molar-refractivity contribution >= 4 is 17.7 Å². The Morgan fingerprint density at radius 1 is 1.08 bits per heavy atom. The lowest BCUT2D eigenvalue weighted by Gasteiger charge is -2.31. The Labute approximate surface area is 222 Å². The minimum absolute atomic E-state index is 0.0791. The normalized spacial score (nSPS) is 16.9. The smallest absolute Gasteiger partial charge is 0.227 e. The van der Waals surface area contributed by atoms with Crippen molar-refractivity contribution < 1.29 is 23.6 Å². The van der Waals surface area contributed by atoms with E-state index in [4.69, 9.17) is 9.26 Å². The van der Waals surface area contributed by atoms with E-state index < -0.39 is 0 Å². The average molecular weight is 520 g/mol. The number of benzene rings is 2. The molecule has 10 nitrogen and oxygen atoms in total. The number of carbonyl (C=O) groups is 3. The Hall–Kier alpha value is -4.21. The molecule has 3 aromatic rings. The summed E-state index contributed by atoms with van der Waals surface area (Å²) in [6.07, 6.45) is 1.24. The summed E-state index contributed by atoms with van der Waals surface area (Å²) in [5.74, 6) is 1.05. The molecule has 10 heteroatoms. The molecule has 2 aromatic carbocycles. The summed E-state index contributed by atoms with van der Waals surface area (Å²) in [4.78, 5) is 46.2. The van der Waals surface area contributed by atoms with E-state index in [0.717, 1.165) is 5.56 Å². The predicted octanol–water partition coefficient (Wildman–Crippen LogP) is 3.01. The summed E-state index contributed by atoms with van der Waals surface area (Å²) in [5.41, 5.74) is 1.63. The van der Waals surface area contributed by atoms with Gasteiger partial charge in [0.2, 0.25) is 29.4 Å². The number of carbonyl (C=O) groups excluding carboxylic acids is 3. The van der Waals surface area contributed by atoms with Gasteiger partial charge in [0.1, 0.15) is 5.75 Å². The van der Waals surface area contributed by atoms with Crippen molar-refractivity contribution in [3.05, 3.63) is 66.1 Å². The third kappa shape index (κ3) is 6.76. The van der Waals surface area contributed by atoms with Crippen LogP contribution < -0.4 is 10.1 Å². The highest BCUT2D eigenvalue weighted by Gasteiger charge is 2.27. The highest BCUT2D eigenvalue weighted by Crippen LogP contribution is 2.27.